The van der Waals surface area contributed by atoms with E-state index in [4.69, 9.17) is 16.6 Å². The van der Waals surface area contributed by atoms with Crippen molar-refractivity contribution < 1.29 is 9.90 Å². The highest BCUT2D eigenvalue weighted by molar-refractivity contribution is 5.77. The van der Waals surface area contributed by atoms with Gasteiger partial charge in [0, 0.05) is 6.54 Å². The highest BCUT2D eigenvalue weighted by Crippen LogP contribution is 1.92. The number of hydrogen-bond acceptors (Lipinski definition) is 3. The van der Waals surface area contributed by atoms with Crippen molar-refractivity contribution in [2.24, 2.45) is 16.5 Å². The summed E-state index contributed by atoms with van der Waals surface area (Å²) in [5.41, 5.74) is 10.6. The van der Waals surface area contributed by atoms with Crippen LogP contribution < -0.4 is 11.5 Å². The lowest BCUT2D eigenvalue weighted by Crippen LogP contribution is -2.29. The van der Waals surface area contributed by atoms with E-state index >= 15 is 0 Å². The summed E-state index contributed by atoms with van der Waals surface area (Å²) in [5, 5.41) is 8.46. The Morgan fingerprint density at radius 2 is 2.21 bits per heavy atom. The van der Waals surface area contributed by atoms with Crippen molar-refractivity contribution >= 4 is 11.8 Å². The topological polar surface area (TPSA) is 102 Å². The third-order valence-corrected chi connectivity index (χ3v) is 1.53. The quantitative estimate of drug-likeness (QED) is 0.244. The first kappa shape index (κ1) is 12.6. The lowest BCUT2D eigenvalue weighted by molar-refractivity contribution is -0.138. The van der Waals surface area contributed by atoms with Crippen LogP contribution in [0.5, 0.6) is 0 Å². The van der Waals surface area contributed by atoms with Gasteiger partial charge in [0.1, 0.15) is 6.04 Å². The van der Waals surface area contributed by atoms with E-state index in [1.165, 1.54) is 0 Å². The van der Waals surface area contributed by atoms with Crippen LogP contribution in [0.25, 0.3) is 0 Å². The maximum atomic E-state index is 10.3. The molecule has 5 nitrogen and oxygen atoms in total. The summed E-state index contributed by atoms with van der Waals surface area (Å²) in [7, 11) is 0. The van der Waals surface area contributed by atoms with Crippen molar-refractivity contribution in [3.8, 4) is 0 Å². The SMILES string of the molecule is CC(N)=NCCC=CC[C@H](N)C(=O)O. The van der Waals surface area contributed by atoms with Gasteiger partial charge < -0.3 is 16.6 Å². The standard InChI is InChI=1S/C9H17N3O2/c1-7(10)12-6-4-2-3-5-8(11)9(13)14/h2-3,8H,4-6,11H2,1H3,(H2,10,12)(H,13,14)/t8-/m0/s1. The van der Waals surface area contributed by atoms with Gasteiger partial charge in [0.15, 0.2) is 0 Å². The van der Waals surface area contributed by atoms with Crippen molar-refractivity contribution in [2.75, 3.05) is 6.54 Å². The van der Waals surface area contributed by atoms with Gasteiger partial charge in [-0.05, 0) is 19.8 Å². The van der Waals surface area contributed by atoms with E-state index < -0.39 is 12.0 Å². The molecule has 1 atom stereocenters. The summed E-state index contributed by atoms with van der Waals surface area (Å²) >= 11 is 0. The van der Waals surface area contributed by atoms with Gasteiger partial charge in [0.2, 0.25) is 0 Å². The van der Waals surface area contributed by atoms with Crippen LogP contribution in [-0.4, -0.2) is 29.5 Å². The molecule has 0 saturated carbocycles. The first-order chi connectivity index (χ1) is 6.54. The Kier molecular flexibility index (Phi) is 6.39. The van der Waals surface area contributed by atoms with Crippen LogP contribution in [0.3, 0.4) is 0 Å². The van der Waals surface area contributed by atoms with Crippen LogP contribution in [0.15, 0.2) is 17.1 Å². The molecule has 0 heterocycles. The highest BCUT2D eigenvalue weighted by atomic mass is 16.4. The molecule has 0 fully saturated rings. The normalized spacial score (nSPS) is 14.6. The van der Waals surface area contributed by atoms with Crippen molar-refractivity contribution in [3.63, 3.8) is 0 Å². The fourth-order valence-corrected chi connectivity index (χ4v) is 0.777. The molecule has 0 aromatic heterocycles. The van der Waals surface area contributed by atoms with E-state index in [1.807, 2.05) is 6.08 Å². The number of amidine groups is 1. The first-order valence-electron chi connectivity index (χ1n) is 4.44. The number of rotatable bonds is 6. The Balaban J connectivity index is 3.55. The Bertz CT molecular complexity index is 232. The lowest BCUT2D eigenvalue weighted by Gasteiger charge is -1.99. The molecule has 0 unspecified atom stereocenters. The molecule has 0 bridgehead atoms. The third kappa shape index (κ3) is 7.30. The van der Waals surface area contributed by atoms with E-state index in [1.54, 1.807) is 13.0 Å². The second-order valence-electron chi connectivity index (χ2n) is 2.96. The summed E-state index contributed by atoms with van der Waals surface area (Å²) in [6, 6.07) is -0.814. The second kappa shape index (κ2) is 7.08. The second-order valence-corrected chi connectivity index (χ2v) is 2.96. The number of carbonyl (C=O) groups is 1. The van der Waals surface area contributed by atoms with Crippen LogP contribution in [0.2, 0.25) is 0 Å². The minimum Gasteiger partial charge on any atom is -0.480 e. The summed E-state index contributed by atoms with van der Waals surface area (Å²) in [4.78, 5) is 14.3. The molecular formula is C9H17N3O2. The van der Waals surface area contributed by atoms with Gasteiger partial charge in [0.25, 0.3) is 0 Å². The average molecular weight is 199 g/mol. The number of carboxylic acid groups (broad SMARTS) is 1. The van der Waals surface area contributed by atoms with Gasteiger partial charge in [-0.15, -0.1) is 0 Å². The maximum absolute atomic E-state index is 10.3. The number of nitrogens with zero attached hydrogens (tertiary/aromatic N) is 1. The molecule has 0 aromatic rings. The Hall–Kier alpha value is -1.36. The number of aliphatic carboxylic acids is 1. The molecule has 0 amide bonds. The zero-order valence-corrected chi connectivity index (χ0v) is 8.31. The molecule has 14 heavy (non-hydrogen) atoms. The Morgan fingerprint density at radius 1 is 1.57 bits per heavy atom. The molecule has 0 aliphatic carbocycles. The highest BCUT2D eigenvalue weighted by Gasteiger charge is 2.07. The number of carboxylic acids is 1. The molecule has 0 rings (SSSR count). The third-order valence-electron chi connectivity index (χ3n) is 1.53. The Morgan fingerprint density at radius 3 is 2.71 bits per heavy atom. The molecule has 80 valence electrons. The van der Waals surface area contributed by atoms with E-state index in [0.717, 1.165) is 6.42 Å². The van der Waals surface area contributed by atoms with Gasteiger partial charge in [0.05, 0.1) is 5.84 Å². The summed E-state index contributed by atoms with van der Waals surface area (Å²) in [5.74, 6) is -0.425. The minimum atomic E-state index is -0.981. The predicted molar refractivity (Wildman–Crippen MR) is 56.1 cm³/mol. The Labute approximate surface area is 83.5 Å². The smallest absolute Gasteiger partial charge is 0.320 e. The van der Waals surface area contributed by atoms with Gasteiger partial charge >= 0.3 is 5.97 Å². The minimum absolute atomic E-state index is 0.348. The molecule has 0 aromatic carbocycles. The van der Waals surface area contributed by atoms with E-state index in [-0.39, 0.29) is 0 Å². The zero-order chi connectivity index (χ0) is 11.0. The van der Waals surface area contributed by atoms with Crippen molar-refractivity contribution in [1.82, 2.24) is 0 Å². The molecular weight excluding hydrogens is 182 g/mol. The molecule has 0 radical (unpaired) electrons. The number of hydrogen-bond donors (Lipinski definition) is 3. The van der Waals surface area contributed by atoms with Crippen LogP contribution in [0.4, 0.5) is 0 Å². The summed E-state index contributed by atoms with van der Waals surface area (Å²) < 4.78 is 0. The fraction of sp³-hybridized carbons (Fsp3) is 0.556. The average Bonchev–Trinajstić information content (AvgIpc) is 2.09. The zero-order valence-electron chi connectivity index (χ0n) is 8.31. The summed E-state index contributed by atoms with van der Waals surface area (Å²) in [6.45, 7) is 2.35. The first-order valence-corrected chi connectivity index (χ1v) is 4.44. The fourth-order valence-electron chi connectivity index (χ4n) is 0.777. The van der Waals surface area contributed by atoms with Gasteiger partial charge in [-0.3, -0.25) is 9.79 Å². The summed E-state index contributed by atoms with van der Waals surface area (Å²) in [6.07, 6.45) is 4.71. The van der Waals surface area contributed by atoms with E-state index in [9.17, 15) is 4.79 Å². The predicted octanol–water partition coefficient (Wildman–Crippen LogP) is 0.112. The number of aliphatic imine (C=N–C) groups is 1. The maximum Gasteiger partial charge on any atom is 0.320 e. The van der Waals surface area contributed by atoms with Gasteiger partial charge in [-0.2, -0.15) is 0 Å². The lowest BCUT2D eigenvalue weighted by atomic mass is 10.2. The van der Waals surface area contributed by atoms with Crippen molar-refractivity contribution in [1.29, 1.82) is 0 Å². The van der Waals surface area contributed by atoms with Crippen LogP contribution in [0, 0.1) is 0 Å². The van der Waals surface area contributed by atoms with Crippen molar-refractivity contribution in [3.05, 3.63) is 12.2 Å². The molecule has 0 aliphatic rings. The molecule has 0 aliphatic heterocycles. The van der Waals surface area contributed by atoms with Gasteiger partial charge in [-0.25, -0.2) is 0 Å². The van der Waals surface area contributed by atoms with E-state index in [2.05, 4.69) is 4.99 Å². The van der Waals surface area contributed by atoms with Crippen LogP contribution in [-0.2, 0) is 4.79 Å². The van der Waals surface area contributed by atoms with Crippen LogP contribution >= 0.6 is 0 Å². The number of nitrogens with two attached hydrogens (primary N) is 2. The van der Waals surface area contributed by atoms with Gasteiger partial charge in [-0.1, -0.05) is 12.2 Å². The monoisotopic (exact) mass is 199 g/mol. The molecule has 0 spiro atoms. The van der Waals surface area contributed by atoms with Crippen LogP contribution in [0.1, 0.15) is 19.8 Å². The van der Waals surface area contributed by atoms with E-state index in [0.29, 0.717) is 18.8 Å². The van der Waals surface area contributed by atoms with Crippen molar-refractivity contribution in [2.45, 2.75) is 25.8 Å². The largest absolute Gasteiger partial charge is 0.480 e. The molecule has 5 heteroatoms. The molecule has 5 N–H and O–H groups in total. The molecule has 0 saturated heterocycles.